The van der Waals surface area contributed by atoms with Crippen LogP contribution in [0.4, 0.5) is 0 Å². The van der Waals surface area contributed by atoms with Crippen LogP contribution in [-0.2, 0) is 10.0 Å². The maximum Gasteiger partial charge on any atom is 0.246 e. The zero-order valence-corrected chi connectivity index (χ0v) is 10.5. The number of hydrogen-bond acceptors (Lipinski definition) is 5. The Bertz CT molecular complexity index is 524. The first-order valence-corrected chi connectivity index (χ1v) is 6.99. The fourth-order valence-electron chi connectivity index (χ4n) is 2.07. The van der Waals surface area contributed by atoms with Gasteiger partial charge in [0.1, 0.15) is 4.90 Å². The normalized spacial score (nSPS) is 23.1. The van der Waals surface area contributed by atoms with Gasteiger partial charge in [0.2, 0.25) is 10.0 Å². The van der Waals surface area contributed by atoms with Crippen LogP contribution >= 0.6 is 0 Å². The quantitative estimate of drug-likeness (QED) is 0.302. The highest BCUT2D eigenvalue weighted by Crippen LogP contribution is 2.24. The Morgan fingerprint density at radius 3 is 3.00 bits per heavy atom. The highest BCUT2D eigenvalue weighted by atomic mass is 32.2. The first-order chi connectivity index (χ1) is 8.57. The Morgan fingerprint density at radius 2 is 2.39 bits per heavy atom. The zero-order valence-electron chi connectivity index (χ0n) is 9.65. The van der Waals surface area contributed by atoms with Gasteiger partial charge < -0.3 is 10.9 Å². The molecule has 100 valence electrons. The second-order valence-electron chi connectivity index (χ2n) is 4.09. The molecule has 1 unspecified atom stereocenters. The third kappa shape index (κ3) is 2.18. The highest BCUT2D eigenvalue weighted by molar-refractivity contribution is 7.89. The van der Waals surface area contributed by atoms with E-state index in [1.54, 1.807) is 0 Å². The van der Waals surface area contributed by atoms with E-state index in [1.807, 2.05) is 0 Å². The van der Waals surface area contributed by atoms with E-state index in [9.17, 15) is 8.42 Å². The van der Waals surface area contributed by atoms with Gasteiger partial charge in [0.15, 0.2) is 5.84 Å². The molecule has 9 heteroatoms. The molecule has 18 heavy (non-hydrogen) atoms. The van der Waals surface area contributed by atoms with Gasteiger partial charge in [0.25, 0.3) is 0 Å². The topological polar surface area (TPSA) is 125 Å². The molecule has 1 aromatic heterocycles. The molecule has 1 aliphatic rings. The summed E-state index contributed by atoms with van der Waals surface area (Å²) < 4.78 is 26.0. The summed E-state index contributed by atoms with van der Waals surface area (Å²) in [7, 11) is -3.66. The molecule has 0 aliphatic carbocycles. The molecule has 8 nitrogen and oxygen atoms in total. The van der Waals surface area contributed by atoms with Crippen molar-refractivity contribution in [3.05, 3.63) is 12.4 Å². The molecular formula is C9H15N5O3S. The molecule has 0 spiro atoms. The zero-order chi connectivity index (χ0) is 13.2. The summed E-state index contributed by atoms with van der Waals surface area (Å²) in [6.07, 6.45) is 4.71. The average molecular weight is 273 g/mol. The fourth-order valence-corrected chi connectivity index (χ4v) is 3.65. The second kappa shape index (κ2) is 4.94. The standard InChI is InChI=1S/C9H15N5O3S/c10-9(13-15)8-3-1-2-4-14(8)18(16,17)7-5-11-12-6-7/h5-6,8,15H,1-4H2,(H2,10,13)(H,11,12). The van der Waals surface area contributed by atoms with Crippen molar-refractivity contribution in [1.82, 2.24) is 14.5 Å². The smallest absolute Gasteiger partial charge is 0.246 e. The third-order valence-corrected chi connectivity index (χ3v) is 4.86. The average Bonchev–Trinajstić information content (AvgIpc) is 2.92. The van der Waals surface area contributed by atoms with Crippen LogP contribution in [0.15, 0.2) is 22.4 Å². The third-order valence-electron chi connectivity index (χ3n) is 2.99. The summed E-state index contributed by atoms with van der Waals surface area (Å²) in [5, 5.41) is 17.7. The van der Waals surface area contributed by atoms with Gasteiger partial charge >= 0.3 is 0 Å². The molecule has 2 heterocycles. The molecular weight excluding hydrogens is 258 g/mol. The Morgan fingerprint density at radius 1 is 1.61 bits per heavy atom. The van der Waals surface area contributed by atoms with Gasteiger partial charge in [0.05, 0.1) is 12.2 Å². The van der Waals surface area contributed by atoms with E-state index in [0.717, 1.165) is 12.8 Å². The van der Waals surface area contributed by atoms with Gasteiger partial charge in [-0.2, -0.15) is 9.40 Å². The van der Waals surface area contributed by atoms with E-state index in [2.05, 4.69) is 15.4 Å². The van der Waals surface area contributed by atoms with Crippen LogP contribution in [0.5, 0.6) is 0 Å². The lowest BCUT2D eigenvalue weighted by atomic mass is 10.0. The Hall–Kier alpha value is -1.61. The Balaban J connectivity index is 2.35. The minimum absolute atomic E-state index is 0.0817. The number of piperidine rings is 1. The van der Waals surface area contributed by atoms with E-state index in [4.69, 9.17) is 10.9 Å². The van der Waals surface area contributed by atoms with Crippen molar-refractivity contribution in [2.45, 2.75) is 30.2 Å². The van der Waals surface area contributed by atoms with E-state index < -0.39 is 16.1 Å². The summed E-state index contributed by atoms with van der Waals surface area (Å²) in [5.41, 5.74) is 5.56. The minimum Gasteiger partial charge on any atom is -0.409 e. The summed E-state index contributed by atoms with van der Waals surface area (Å²) >= 11 is 0. The van der Waals surface area contributed by atoms with Gasteiger partial charge in [-0.1, -0.05) is 11.6 Å². The number of nitrogens with two attached hydrogens (primary N) is 1. The lowest BCUT2D eigenvalue weighted by molar-refractivity contribution is 0.281. The van der Waals surface area contributed by atoms with Crippen molar-refractivity contribution < 1.29 is 13.6 Å². The molecule has 0 radical (unpaired) electrons. The minimum atomic E-state index is -3.66. The highest BCUT2D eigenvalue weighted by Gasteiger charge is 2.36. The van der Waals surface area contributed by atoms with E-state index in [1.165, 1.54) is 16.7 Å². The molecule has 0 aromatic carbocycles. The van der Waals surface area contributed by atoms with Crippen molar-refractivity contribution >= 4 is 15.9 Å². The van der Waals surface area contributed by atoms with Crippen molar-refractivity contribution in [2.75, 3.05) is 6.54 Å². The molecule has 1 aliphatic heterocycles. The Labute approximate surface area is 105 Å². The fraction of sp³-hybridized carbons (Fsp3) is 0.556. The largest absolute Gasteiger partial charge is 0.409 e. The van der Waals surface area contributed by atoms with E-state index in [-0.39, 0.29) is 10.7 Å². The number of rotatable bonds is 3. The number of H-pyrrole nitrogens is 1. The molecule has 1 atom stereocenters. The van der Waals surface area contributed by atoms with Crippen LogP contribution in [-0.4, -0.2) is 46.5 Å². The lowest BCUT2D eigenvalue weighted by Crippen LogP contribution is -2.50. The molecule has 4 N–H and O–H groups in total. The van der Waals surface area contributed by atoms with Gasteiger partial charge in [0, 0.05) is 12.7 Å². The Kier molecular flexibility index (Phi) is 3.53. The molecule has 2 rings (SSSR count). The number of nitrogens with zero attached hydrogens (tertiary/aromatic N) is 3. The van der Waals surface area contributed by atoms with Crippen molar-refractivity contribution in [3.8, 4) is 0 Å². The number of aromatic amines is 1. The first kappa shape index (κ1) is 12.8. The number of oxime groups is 1. The van der Waals surface area contributed by atoms with Crippen LogP contribution in [0.3, 0.4) is 0 Å². The predicted octanol–water partition coefficient (Wildman–Crippen LogP) is -0.301. The molecule has 1 saturated heterocycles. The number of amidine groups is 1. The molecule has 0 amide bonds. The summed E-state index contributed by atoms with van der Waals surface area (Å²) in [6, 6.07) is -0.594. The summed E-state index contributed by atoms with van der Waals surface area (Å²) in [5.74, 6) is -0.0817. The SMILES string of the molecule is NC(=NO)C1CCCCN1S(=O)(=O)c1cn[nH]c1. The van der Waals surface area contributed by atoms with Crippen molar-refractivity contribution in [3.63, 3.8) is 0 Å². The van der Waals surface area contributed by atoms with E-state index >= 15 is 0 Å². The predicted molar refractivity (Wildman–Crippen MR) is 63.5 cm³/mol. The second-order valence-corrected chi connectivity index (χ2v) is 5.98. The van der Waals surface area contributed by atoms with Crippen molar-refractivity contribution in [1.29, 1.82) is 0 Å². The van der Waals surface area contributed by atoms with Gasteiger partial charge in [-0.3, -0.25) is 5.10 Å². The number of sulfonamides is 1. The van der Waals surface area contributed by atoms with Gasteiger partial charge in [-0.05, 0) is 12.8 Å². The molecule has 1 aromatic rings. The monoisotopic (exact) mass is 273 g/mol. The van der Waals surface area contributed by atoms with Crippen LogP contribution < -0.4 is 5.73 Å². The van der Waals surface area contributed by atoms with Crippen LogP contribution in [0, 0.1) is 0 Å². The van der Waals surface area contributed by atoms with Gasteiger partial charge in [-0.15, -0.1) is 0 Å². The maximum absolute atomic E-state index is 12.4. The van der Waals surface area contributed by atoms with Crippen LogP contribution in [0.1, 0.15) is 19.3 Å². The number of nitrogens with one attached hydrogen (secondary N) is 1. The number of hydrogen-bond donors (Lipinski definition) is 3. The first-order valence-electron chi connectivity index (χ1n) is 5.55. The van der Waals surface area contributed by atoms with Crippen LogP contribution in [0.2, 0.25) is 0 Å². The van der Waals surface area contributed by atoms with Gasteiger partial charge in [-0.25, -0.2) is 8.42 Å². The van der Waals surface area contributed by atoms with E-state index in [0.29, 0.717) is 13.0 Å². The molecule has 0 bridgehead atoms. The maximum atomic E-state index is 12.4. The number of aromatic nitrogens is 2. The van der Waals surface area contributed by atoms with Crippen molar-refractivity contribution in [2.24, 2.45) is 10.9 Å². The molecule has 0 saturated carbocycles. The van der Waals surface area contributed by atoms with Crippen LogP contribution in [0.25, 0.3) is 0 Å². The lowest BCUT2D eigenvalue weighted by Gasteiger charge is -2.33. The summed E-state index contributed by atoms with van der Waals surface area (Å²) in [4.78, 5) is 0.0835. The summed E-state index contributed by atoms with van der Waals surface area (Å²) in [6.45, 7) is 0.356. The molecule has 1 fully saturated rings.